The largest absolute Gasteiger partial charge is 0.441 e. The topological polar surface area (TPSA) is 78.2 Å². The van der Waals surface area contributed by atoms with Gasteiger partial charge in [-0.05, 0) is 48.9 Å². The lowest BCUT2D eigenvalue weighted by Crippen LogP contribution is -2.23. The molecule has 7 nitrogen and oxygen atoms in total. The number of fused-ring (bicyclic) bond motifs is 1. The highest BCUT2D eigenvalue weighted by Crippen LogP contribution is 2.23. The van der Waals surface area contributed by atoms with E-state index in [9.17, 15) is 4.79 Å². The lowest BCUT2D eigenvalue weighted by atomic mass is 10.2. The van der Waals surface area contributed by atoms with Crippen molar-refractivity contribution in [2.75, 3.05) is 0 Å². The van der Waals surface area contributed by atoms with Gasteiger partial charge in [-0.3, -0.25) is 0 Å². The maximum absolute atomic E-state index is 12.9. The molecule has 0 spiro atoms. The molecular formula is C23H18ClN5O2S. The van der Waals surface area contributed by atoms with Crippen molar-refractivity contribution in [2.45, 2.75) is 24.2 Å². The fourth-order valence-electron chi connectivity index (χ4n) is 3.23. The van der Waals surface area contributed by atoms with Gasteiger partial charge in [0, 0.05) is 16.3 Å². The molecule has 0 atom stereocenters. The van der Waals surface area contributed by atoms with Crippen LogP contribution < -0.4 is 5.69 Å². The minimum absolute atomic E-state index is 0.206. The normalized spacial score (nSPS) is 11.3. The molecule has 0 fully saturated rings. The van der Waals surface area contributed by atoms with Crippen molar-refractivity contribution in [3.8, 4) is 11.5 Å². The number of oxazole rings is 1. The van der Waals surface area contributed by atoms with E-state index >= 15 is 0 Å². The quantitative estimate of drug-likeness (QED) is 0.335. The predicted molar refractivity (Wildman–Crippen MR) is 124 cm³/mol. The Kier molecular flexibility index (Phi) is 5.55. The van der Waals surface area contributed by atoms with Crippen molar-refractivity contribution in [3.63, 3.8) is 0 Å². The van der Waals surface area contributed by atoms with Crippen molar-refractivity contribution in [1.29, 1.82) is 0 Å². The number of aromatic nitrogens is 5. The van der Waals surface area contributed by atoms with Gasteiger partial charge in [0.1, 0.15) is 16.5 Å². The summed E-state index contributed by atoms with van der Waals surface area (Å²) < 4.78 is 8.47. The molecule has 0 bridgehead atoms. The number of halogens is 1. The van der Waals surface area contributed by atoms with Crippen LogP contribution in [-0.2, 0) is 12.3 Å². The van der Waals surface area contributed by atoms with Gasteiger partial charge in [0.15, 0.2) is 5.65 Å². The summed E-state index contributed by atoms with van der Waals surface area (Å²) in [6, 6.07) is 21.0. The number of aryl methyl sites for hydroxylation is 1. The van der Waals surface area contributed by atoms with Crippen LogP contribution in [0.15, 0.2) is 81.0 Å². The van der Waals surface area contributed by atoms with Crippen LogP contribution in [0.4, 0.5) is 0 Å². The first-order chi connectivity index (χ1) is 15.6. The second-order valence-corrected chi connectivity index (χ2v) is 8.62. The Morgan fingerprint density at radius 2 is 1.78 bits per heavy atom. The first-order valence-corrected chi connectivity index (χ1v) is 11.3. The Bertz CT molecular complexity index is 1440. The molecule has 0 saturated carbocycles. The van der Waals surface area contributed by atoms with E-state index in [2.05, 4.69) is 15.2 Å². The highest BCUT2D eigenvalue weighted by molar-refractivity contribution is 7.98. The van der Waals surface area contributed by atoms with Crippen LogP contribution in [0.25, 0.3) is 17.1 Å². The average molecular weight is 464 g/mol. The second kappa shape index (κ2) is 8.64. The summed E-state index contributed by atoms with van der Waals surface area (Å²) in [6.07, 6.45) is 0. The smallest absolute Gasteiger partial charge is 0.367 e. The lowest BCUT2D eigenvalue weighted by molar-refractivity contribution is 0.534. The molecule has 5 rings (SSSR count). The first-order valence-electron chi connectivity index (χ1n) is 9.93. The van der Waals surface area contributed by atoms with Gasteiger partial charge in [-0.15, -0.1) is 5.10 Å². The Hall–Kier alpha value is -3.36. The van der Waals surface area contributed by atoms with Gasteiger partial charge in [-0.2, -0.15) is 9.61 Å². The number of hydrogen-bond acceptors (Lipinski definition) is 6. The Morgan fingerprint density at radius 1 is 1.00 bits per heavy atom. The summed E-state index contributed by atoms with van der Waals surface area (Å²) in [5, 5.41) is 10.3. The Labute approximate surface area is 192 Å². The van der Waals surface area contributed by atoms with Crippen LogP contribution in [0.3, 0.4) is 0 Å². The minimum Gasteiger partial charge on any atom is -0.441 e. The van der Waals surface area contributed by atoms with E-state index in [-0.39, 0.29) is 12.2 Å². The number of nitrogens with zero attached hydrogens (tertiary/aromatic N) is 5. The number of hydrogen-bond donors (Lipinski definition) is 0. The van der Waals surface area contributed by atoms with Crippen LogP contribution in [-0.4, -0.2) is 24.4 Å². The molecule has 32 heavy (non-hydrogen) atoms. The van der Waals surface area contributed by atoms with Crippen LogP contribution in [0.1, 0.15) is 17.0 Å². The maximum atomic E-state index is 12.9. The van der Waals surface area contributed by atoms with Gasteiger partial charge < -0.3 is 4.42 Å². The maximum Gasteiger partial charge on any atom is 0.367 e. The van der Waals surface area contributed by atoms with Gasteiger partial charge >= 0.3 is 5.69 Å². The van der Waals surface area contributed by atoms with Gasteiger partial charge in [0.25, 0.3) is 0 Å². The third kappa shape index (κ3) is 4.19. The molecule has 0 amide bonds. The highest BCUT2D eigenvalue weighted by Gasteiger charge is 2.15. The van der Waals surface area contributed by atoms with E-state index in [1.54, 1.807) is 17.8 Å². The Morgan fingerprint density at radius 3 is 2.56 bits per heavy atom. The van der Waals surface area contributed by atoms with Crippen molar-refractivity contribution in [3.05, 3.63) is 99.3 Å². The molecule has 0 N–H and O–H groups in total. The van der Waals surface area contributed by atoms with Crippen molar-refractivity contribution >= 4 is 29.0 Å². The molecule has 0 aliphatic heterocycles. The zero-order valence-corrected chi connectivity index (χ0v) is 18.7. The van der Waals surface area contributed by atoms with E-state index in [1.807, 2.05) is 67.6 Å². The fourth-order valence-corrected chi connectivity index (χ4v) is 4.17. The summed E-state index contributed by atoms with van der Waals surface area (Å²) >= 11 is 7.48. The predicted octanol–water partition coefficient (Wildman–Crippen LogP) is 4.85. The van der Waals surface area contributed by atoms with Crippen LogP contribution >= 0.6 is 23.4 Å². The number of rotatable bonds is 6. The summed E-state index contributed by atoms with van der Waals surface area (Å²) in [7, 11) is 0. The summed E-state index contributed by atoms with van der Waals surface area (Å²) in [5.41, 5.74) is 2.83. The SMILES string of the molecule is Cc1oc(-c2ccccc2)nc1Cn1nc2ccc(SCc3ccc(Cl)cc3)nn2c1=O. The molecule has 0 saturated heterocycles. The van der Waals surface area contributed by atoms with E-state index < -0.39 is 0 Å². The molecular weight excluding hydrogens is 446 g/mol. The molecule has 2 aromatic carbocycles. The number of thioether (sulfide) groups is 1. The van der Waals surface area contributed by atoms with E-state index in [0.29, 0.717) is 28.0 Å². The summed E-state index contributed by atoms with van der Waals surface area (Å²) in [6.45, 7) is 2.04. The molecule has 0 aliphatic rings. The van der Waals surface area contributed by atoms with Crippen LogP contribution in [0, 0.1) is 6.92 Å². The van der Waals surface area contributed by atoms with Gasteiger partial charge in [-0.1, -0.05) is 53.7 Å². The van der Waals surface area contributed by atoms with Crippen molar-refractivity contribution < 1.29 is 4.42 Å². The van der Waals surface area contributed by atoms with E-state index in [4.69, 9.17) is 16.0 Å². The molecule has 0 radical (unpaired) electrons. The molecule has 3 aromatic heterocycles. The molecule has 0 unspecified atom stereocenters. The monoisotopic (exact) mass is 463 g/mol. The van der Waals surface area contributed by atoms with E-state index in [0.717, 1.165) is 21.9 Å². The number of benzene rings is 2. The van der Waals surface area contributed by atoms with Crippen molar-refractivity contribution in [1.82, 2.24) is 24.4 Å². The molecule has 3 heterocycles. The van der Waals surface area contributed by atoms with Crippen molar-refractivity contribution in [2.24, 2.45) is 0 Å². The fraction of sp³-hybridized carbons (Fsp3) is 0.130. The Balaban J connectivity index is 1.37. The third-order valence-electron chi connectivity index (χ3n) is 4.93. The second-order valence-electron chi connectivity index (χ2n) is 7.18. The zero-order valence-electron chi connectivity index (χ0n) is 17.1. The van der Waals surface area contributed by atoms with Gasteiger partial charge in [0.2, 0.25) is 5.89 Å². The summed E-state index contributed by atoms with van der Waals surface area (Å²) in [5.74, 6) is 1.90. The standard InChI is InChI=1S/C23H18ClN5O2S/c1-15-19(25-22(31-15)17-5-3-2-4-6-17)13-28-23(30)29-20(26-28)11-12-21(27-29)32-14-16-7-9-18(24)10-8-16/h2-12H,13-14H2,1H3. The lowest BCUT2D eigenvalue weighted by Gasteiger charge is -2.01. The summed E-state index contributed by atoms with van der Waals surface area (Å²) in [4.78, 5) is 17.5. The third-order valence-corrected chi connectivity index (χ3v) is 6.17. The molecule has 0 aliphatic carbocycles. The zero-order chi connectivity index (χ0) is 22.1. The van der Waals surface area contributed by atoms with Gasteiger partial charge in [0.05, 0.1) is 6.54 Å². The average Bonchev–Trinajstić information content (AvgIpc) is 3.33. The van der Waals surface area contributed by atoms with Gasteiger partial charge in [-0.25, -0.2) is 14.5 Å². The molecule has 5 aromatic rings. The van der Waals surface area contributed by atoms with Crippen LogP contribution in [0.5, 0.6) is 0 Å². The minimum atomic E-state index is -0.322. The first kappa shape index (κ1) is 20.5. The van der Waals surface area contributed by atoms with Crippen LogP contribution in [0.2, 0.25) is 5.02 Å². The molecule has 160 valence electrons. The van der Waals surface area contributed by atoms with E-state index in [1.165, 1.54) is 9.20 Å². The molecule has 9 heteroatoms. The highest BCUT2D eigenvalue weighted by atomic mass is 35.5.